The summed E-state index contributed by atoms with van der Waals surface area (Å²) in [6.45, 7) is 3.20. The smallest absolute Gasteiger partial charge is 0.258 e. The summed E-state index contributed by atoms with van der Waals surface area (Å²) in [6.07, 6.45) is 13.9. The number of rotatable bonds is 6. The molecule has 1 saturated heterocycles. The van der Waals surface area contributed by atoms with Gasteiger partial charge in [-0.1, -0.05) is 30.3 Å². The molecule has 1 aromatic carbocycles. The number of benzene rings is 1. The molecule has 1 aliphatic rings. The highest BCUT2D eigenvalue weighted by Crippen LogP contribution is 2.30. The van der Waals surface area contributed by atoms with Crippen molar-refractivity contribution in [1.82, 2.24) is 34.6 Å². The fourth-order valence-corrected chi connectivity index (χ4v) is 5.02. The van der Waals surface area contributed by atoms with Gasteiger partial charge in [0.15, 0.2) is 5.82 Å². The lowest BCUT2D eigenvalue weighted by atomic mass is 9.88. The van der Waals surface area contributed by atoms with Gasteiger partial charge in [0, 0.05) is 31.3 Å². The van der Waals surface area contributed by atoms with Crippen LogP contribution in [0, 0.1) is 0 Å². The predicted molar refractivity (Wildman–Crippen MR) is 139 cm³/mol. The highest BCUT2D eigenvalue weighted by Gasteiger charge is 2.20. The summed E-state index contributed by atoms with van der Waals surface area (Å²) in [5.41, 5.74) is 5.31. The molecule has 1 fully saturated rings. The molecule has 0 unspecified atom stereocenters. The summed E-state index contributed by atoms with van der Waals surface area (Å²) in [4.78, 5) is 30.2. The van der Waals surface area contributed by atoms with Gasteiger partial charge in [-0.2, -0.15) is 5.10 Å². The summed E-state index contributed by atoms with van der Waals surface area (Å²) >= 11 is 0. The fourth-order valence-electron chi connectivity index (χ4n) is 5.02. The number of hydrogen-bond acceptors (Lipinski definition) is 6. The molecule has 0 aliphatic carbocycles. The lowest BCUT2D eigenvalue weighted by Crippen LogP contribution is -2.34. The topological polar surface area (TPSA) is 92.6 Å². The second-order valence-electron chi connectivity index (χ2n) is 9.29. The average Bonchev–Trinajstić information content (AvgIpc) is 3.42. The van der Waals surface area contributed by atoms with Crippen LogP contribution in [0.2, 0.25) is 0 Å². The Kier molecular flexibility index (Phi) is 6.09. The number of nitrogens with zero attached hydrogens (tertiary/aromatic N) is 6. The first-order valence-electron chi connectivity index (χ1n) is 12.3. The number of fused-ring (bicyclic) bond motifs is 1. The minimum absolute atomic E-state index is 0.177. The molecule has 6 rings (SSSR count). The number of H-pyrrole nitrogens is 1. The van der Waals surface area contributed by atoms with E-state index in [0.29, 0.717) is 22.6 Å². The third-order valence-electron chi connectivity index (χ3n) is 7.07. The van der Waals surface area contributed by atoms with E-state index in [1.165, 1.54) is 30.3 Å². The van der Waals surface area contributed by atoms with Crippen LogP contribution in [0.4, 0.5) is 0 Å². The van der Waals surface area contributed by atoms with Gasteiger partial charge in [-0.3, -0.25) is 9.78 Å². The Morgan fingerprint density at radius 2 is 1.81 bits per heavy atom. The number of aromatic amines is 1. The third-order valence-corrected chi connectivity index (χ3v) is 7.07. The van der Waals surface area contributed by atoms with Gasteiger partial charge in [0.1, 0.15) is 5.52 Å². The van der Waals surface area contributed by atoms with Crippen LogP contribution >= 0.6 is 0 Å². The van der Waals surface area contributed by atoms with Crippen molar-refractivity contribution in [2.24, 2.45) is 0 Å². The van der Waals surface area contributed by atoms with E-state index >= 15 is 0 Å². The minimum atomic E-state index is -0.177. The monoisotopic (exact) mass is 477 g/mol. The Morgan fingerprint density at radius 1 is 0.944 bits per heavy atom. The zero-order valence-electron chi connectivity index (χ0n) is 19.9. The highest BCUT2D eigenvalue weighted by atomic mass is 16.1. The first kappa shape index (κ1) is 22.3. The lowest BCUT2D eigenvalue weighted by Gasteiger charge is -2.32. The zero-order valence-corrected chi connectivity index (χ0v) is 19.9. The van der Waals surface area contributed by atoms with Crippen LogP contribution < -0.4 is 5.56 Å². The number of pyridine rings is 2. The van der Waals surface area contributed by atoms with E-state index in [2.05, 4.69) is 60.3 Å². The van der Waals surface area contributed by atoms with E-state index in [1.807, 2.05) is 24.7 Å². The van der Waals surface area contributed by atoms with Crippen molar-refractivity contribution < 1.29 is 0 Å². The molecule has 5 heterocycles. The van der Waals surface area contributed by atoms with Crippen LogP contribution in [0.1, 0.15) is 29.9 Å². The largest absolute Gasteiger partial charge is 0.313 e. The second-order valence-corrected chi connectivity index (χ2v) is 9.29. The normalized spacial score (nSPS) is 14.9. The van der Waals surface area contributed by atoms with Gasteiger partial charge in [0.05, 0.1) is 17.9 Å². The second kappa shape index (κ2) is 9.83. The van der Waals surface area contributed by atoms with Crippen LogP contribution in [0.15, 0.2) is 84.6 Å². The Hall–Kier alpha value is -4.17. The fraction of sp³-hybridized carbons (Fsp3) is 0.250. The van der Waals surface area contributed by atoms with Crippen molar-refractivity contribution in [2.75, 3.05) is 19.6 Å². The maximum atomic E-state index is 12.1. The van der Waals surface area contributed by atoms with Gasteiger partial charge in [-0.25, -0.2) is 14.6 Å². The Bertz CT molecular complexity index is 1520. The van der Waals surface area contributed by atoms with Crippen molar-refractivity contribution in [2.45, 2.75) is 25.2 Å². The molecule has 4 aromatic heterocycles. The van der Waals surface area contributed by atoms with Crippen molar-refractivity contribution in [3.05, 3.63) is 101 Å². The number of hydrogen-bond donors (Lipinski definition) is 1. The maximum absolute atomic E-state index is 12.1. The molecular formula is C28H27N7O. The average molecular weight is 478 g/mol. The number of likely N-dealkylation sites (tertiary alicyclic amines) is 1. The van der Waals surface area contributed by atoms with Gasteiger partial charge in [0.2, 0.25) is 0 Å². The van der Waals surface area contributed by atoms with E-state index in [4.69, 9.17) is 0 Å². The molecule has 0 saturated carbocycles. The molecule has 0 amide bonds. The standard InChI is InChI=1S/C28H27N7O/c36-28-25-7-12-30-27(26(25)31-19-32-28)35-18-20(16-33-35)8-13-34-14-9-23(10-15-34)21-3-5-22(6-4-21)24-2-1-11-29-17-24/h1-7,11-12,16-19,23H,8-10,13-15H2,(H,31,32,36). The van der Waals surface area contributed by atoms with E-state index in [1.54, 1.807) is 23.1 Å². The van der Waals surface area contributed by atoms with Crippen LogP contribution in [0.5, 0.6) is 0 Å². The van der Waals surface area contributed by atoms with E-state index < -0.39 is 0 Å². The molecular weight excluding hydrogens is 450 g/mol. The summed E-state index contributed by atoms with van der Waals surface area (Å²) in [5, 5.41) is 5.00. The summed E-state index contributed by atoms with van der Waals surface area (Å²) < 4.78 is 1.71. The van der Waals surface area contributed by atoms with Crippen molar-refractivity contribution >= 4 is 10.9 Å². The highest BCUT2D eigenvalue weighted by molar-refractivity contribution is 5.83. The predicted octanol–water partition coefficient (Wildman–Crippen LogP) is 3.99. The number of nitrogens with one attached hydrogen (secondary N) is 1. The lowest BCUT2D eigenvalue weighted by molar-refractivity contribution is 0.214. The van der Waals surface area contributed by atoms with E-state index in [0.717, 1.165) is 37.2 Å². The molecule has 0 bridgehead atoms. The zero-order chi connectivity index (χ0) is 24.3. The van der Waals surface area contributed by atoms with E-state index in [-0.39, 0.29) is 5.56 Å². The molecule has 1 N–H and O–H groups in total. The molecule has 1 aliphatic heterocycles. The van der Waals surface area contributed by atoms with Crippen molar-refractivity contribution in [3.63, 3.8) is 0 Å². The van der Waals surface area contributed by atoms with Crippen LogP contribution in [0.25, 0.3) is 27.8 Å². The number of piperidine rings is 1. The Balaban J connectivity index is 1.05. The first-order valence-corrected chi connectivity index (χ1v) is 12.3. The summed E-state index contributed by atoms with van der Waals surface area (Å²) in [6, 6.07) is 14.7. The SMILES string of the molecule is O=c1[nH]cnc2c(-n3cc(CCN4CCC(c5ccc(-c6cccnc6)cc5)CC4)cn3)nccc12. The van der Waals surface area contributed by atoms with Crippen molar-refractivity contribution in [3.8, 4) is 16.9 Å². The molecule has 0 atom stereocenters. The molecule has 0 spiro atoms. The van der Waals surface area contributed by atoms with Gasteiger partial charge in [0.25, 0.3) is 5.56 Å². The summed E-state index contributed by atoms with van der Waals surface area (Å²) in [7, 11) is 0. The van der Waals surface area contributed by atoms with Crippen LogP contribution in [-0.4, -0.2) is 54.3 Å². The molecule has 36 heavy (non-hydrogen) atoms. The first-order chi connectivity index (χ1) is 17.7. The van der Waals surface area contributed by atoms with E-state index in [9.17, 15) is 4.79 Å². The third kappa shape index (κ3) is 4.55. The quantitative estimate of drug-likeness (QED) is 0.398. The van der Waals surface area contributed by atoms with Crippen LogP contribution in [-0.2, 0) is 6.42 Å². The van der Waals surface area contributed by atoms with Gasteiger partial charge in [-0.05, 0) is 72.7 Å². The van der Waals surface area contributed by atoms with Gasteiger partial charge < -0.3 is 9.88 Å². The molecule has 5 aromatic rings. The van der Waals surface area contributed by atoms with Gasteiger partial charge >= 0.3 is 0 Å². The van der Waals surface area contributed by atoms with Gasteiger partial charge in [-0.15, -0.1) is 0 Å². The molecule has 8 nitrogen and oxygen atoms in total. The maximum Gasteiger partial charge on any atom is 0.258 e. The molecule has 0 radical (unpaired) electrons. The Morgan fingerprint density at radius 3 is 2.61 bits per heavy atom. The molecule has 8 heteroatoms. The summed E-state index contributed by atoms with van der Waals surface area (Å²) in [5.74, 6) is 1.18. The minimum Gasteiger partial charge on any atom is -0.313 e. The molecule has 180 valence electrons. The van der Waals surface area contributed by atoms with Crippen molar-refractivity contribution in [1.29, 1.82) is 0 Å². The Labute approximate surface area is 208 Å². The van der Waals surface area contributed by atoms with Crippen LogP contribution in [0.3, 0.4) is 0 Å². The number of aromatic nitrogens is 6.